The maximum atomic E-state index is 11.5. The lowest BCUT2D eigenvalue weighted by molar-refractivity contribution is -0.308. The van der Waals surface area contributed by atoms with Gasteiger partial charge in [0.2, 0.25) is 0 Å². The number of benzene rings is 2. The number of carbonyl (C=O) groups excluding carboxylic acids is 1. The van der Waals surface area contributed by atoms with Crippen LogP contribution in [0.2, 0.25) is 0 Å². The third-order valence-corrected chi connectivity index (χ3v) is 3.75. The summed E-state index contributed by atoms with van der Waals surface area (Å²) >= 11 is 0. The van der Waals surface area contributed by atoms with Crippen molar-refractivity contribution in [3.63, 3.8) is 0 Å². The number of aliphatic carboxylic acids is 1. The molecule has 2 rings (SSSR count). The fourth-order valence-corrected chi connectivity index (χ4v) is 2.40. The van der Waals surface area contributed by atoms with E-state index in [4.69, 9.17) is 0 Å². The van der Waals surface area contributed by atoms with Gasteiger partial charge in [-0.3, -0.25) is 0 Å². The number of carbonyl (C=O) groups is 1. The highest BCUT2D eigenvalue weighted by Gasteiger charge is 2.17. The van der Waals surface area contributed by atoms with Gasteiger partial charge in [0, 0.05) is 11.9 Å². The van der Waals surface area contributed by atoms with Crippen LogP contribution in [0.25, 0.3) is 0 Å². The summed E-state index contributed by atoms with van der Waals surface area (Å²) < 4.78 is 0. The van der Waals surface area contributed by atoms with Crippen LogP contribution in [0.3, 0.4) is 0 Å². The Balaban J connectivity index is 2.25. The quantitative estimate of drug-likeness (QED) is 0.864. The molecule has 110 valence electrons. The Hall–Kier alpha value is -2.09. The van der Waals surface area contributed by atoms with Gasteiger partial charge in [0.25, 0.3) is 0 Å². The fourth-order valence-electron chi connectivity index (χ4n) is 2.40. The standard InChI is InChI=1S/C19H22O2/c1-19(2,3)16-11-9-15(10-12-16)17(18(20)21)13-14-7-5-4-6-8-14/h4-12,17H,13H2,1-3H3,(H,20,21)/p-1. The van der Waals surface area contributed by atoms with E-state index in [1.165, 1.54) is 5.56 Å². The molecule has 0 heterocycles. The van der Waals surface area contributed by atoms with Crippen LogP contribution in [0, 0.1) is 0 Å². The molecule has 2 aromatic rings. The van der Waals surface area contributed by atoms with Crippen molar-refractivity contribution in [2.24, 2.45) is 0 Å². The molecule has 0 aliphatic heterocycles. The summed E-state index contributed by atoms with van der Waals surface area (Å²) in [4.78, 5) is 11.5. The Kier molecular flexibility index (Phi) is 4.46. The minimum atomic E-state index is -1.03. The van der Waals surface area contributed by atoms with Gasteiger partial charge < -0.3 is 9.90 Å². The minimum absolute atomic E-state index is 0.0644. The van der Waals surface area contributed by atoms with E-state index in [0.717, 1.165) is 11.1 Å². The molecule has 2 heteroatoms. The molecular formula is C19H21O2-. The van der Waals surface area contributed by atoms with Crippen molar-refractivity contribution in [2.45, 2.75) is 38.5 Å². The Morgan fingerprint density at radius 1 is 1.00 bits per heavy atom. The predicted octanol–water partition coefficient (Wildman–Crippen LogP) is 3.06. The van der Waals surface area contributed by atoms with Crippen LogP contribution in [0.15, 0.2) is 54.6 Å². The van der Waals surface area contributed by atoms with Gasteiger partial charge in [-0.1, -0.05) is 75.4 Å². The maximum Gasteiger partial charge on any atom is 0.0492 e. The van der Waals surface area contributed by atoms with Crippen molar-refractivity contribution in [1.29, 1.82) is 0 Å². The third-order valence-electron chi connectivity index (χ3n) is 3.75. The van der Waals surface area contributed by atoms with Gasteiger partial charge in [-0.15, -0.1) is 0 Å². The van der Waals surface area contributed by atoms with Crippen LogP contribution >= 0.6 is 0 Å². The van der Waals surface area contributed by atoms with Crippen LogP contribution in [-0.2, 0) is 16.6 Å². The van der Waals surface area contributed by atoms with Gasteiger partial charge >= 0.3 is 0 Å². The van der Waals surface area contributed by atoms with Gasteiger partial charge in [0.15, 0.2) is 0 Å². The smallest absolute Gasteiger partial charge is 0.0492 e. The molecule has 2 nitrogen and oxygen atoms in total. The summed E-state index contributed by atoms with van der Waals surface area (Å²) in [6, 6.07) is 17.5. The van der Waals surface area contributed by atoms with E-state index in [1.807, 2.05) is 54.6 Å². The molecule has 0 amide bonds. The predicted molar refractivity (Wildman–Crippen MR) is 83.0 cm³/mol. The molecule has 0 fully saturated rings. The molecule has 0 saturated carbocycles. The third kappa shape index (κ3) is 3.94. The van der Waals surface area contributed by atoms with Gasteiger partial charge in [0.05, 0.1) is 0 Å². The van der Waals surface area contributed by atoms with Gasteiger partial charge in [-0.2, -0.15) is 0 Å². The molecule has 0 spiro atoms. The number of rotatable bonds is 4. The largest absolute Gasteiger partial charge is 0.549 e. The first-order chi connectivity index (χ1) is 9.88. The Labute approximate surface area is 126 Å². The second-order valence-electron chi connectivity index (χ2n) is 6.43. The van der Waals surface area contributed by atoms with Gasteiger partial charge in [-0.25, -0.2) is 0 Å². The highest BCUT2D eigenvalue weighted by molar-refractivity contribution is 5.74. The molecular weight excluding hydrogens is 260 g/mol. The molecule has 2 aromatic carbocycles. The summed E-state index contributed by atoms with van der Waals surface area (Å²) in [5.41, 5.74) is 3.07. The van der Waals surface area contributed by atoms with E-state index in [9.17, 15) is 9.90 Å². The maximum absolute atomic E-state index is 11.5. The molecule has 0 bridgehead atoms. The van der Waals surface area contributed by atoms with Crippen molar-refractivity contribution in [2.75, 3.05) is 0 Å². The summed E-state index contributed by atoms with van der Waals surface area (Å²) in [5, 5.41) is 11.5. The van der Waals surface area contributed by atoms with E-state index in [1.54, 1.807) is 0 Å². The Morgan fingerprint density at radius 3 is 2.05 bits per heavy atom. The number of hydrogen-bond acceptors (Lipinski definition) is 2. The van der Waals surface area contributed by atoms with Crippen molar-refractivity contribution in [3.05, 3.63) is 71.3 Å². The Morgan fingerprint density at radius 2 is 1.57 bits per heavy atom. The lowest BCUT2D eigenvalue weighted by Gasteiger charge is -2.22. The second kappa shape index (κ2) is 6.13. The normalized spacial score (nSPS) is 12.9. The van der Waals surface area contributed by atoms with E-state index in [0.29, 0.717) is 6.42 Å². The first-order valence-corrected chi connectivity index (χ1v) is 7.23. The lowest BCUT2D eigenvalue weighted by Crippen LogP contribution is -2.31. The molecule has 0 aliphatic carbocycles. The summed E-state index contributed by atoms with van der Waals surface area (Å²) in [7, 11) is 0. The highest BCUT2D eigenvalue weighted by atomic mass is 16.4. The number of carboxylic acid groups (broad SMARTS) is 1. The number of carboxylic acids is 1. The van der Waals surface area contributed by atoms with Crippen molar-refractivity contribution >= 4 is 5.97 Å². The topological polar surface area (TPSA) is 40.1 Å². The molecule has 0 radical (unpaired) electrons. The first kappa shape index (κ1) is 15.3. The zero-order chi connectivity index (χ0) is 15.5. The second-order valence-corrected chi connectivity index (χ2v) is 6.43. The average Bonchev–Trinajstić information content (AvgIpc) is 2.45. The van der Waals surface area contributed by atoms with Crippen LogP contribution < -0.4 is 5.11 Å². The van der Waals surface area contributed by atoms with Crippen molar-refractivity contribution < 1.29 is 9.90 Å². The van der Waals surface area contributed by atoms with Crippen molar-refractivity contribution in [3.8, 4) is 0 Å². The van der Waals surface area contributed by atoms with Crippen LogP contribution in [-0.4, -0.2) is 5.97 Å². The van der Waals surface area contributed by atoms with Crippen LogP contribution in [0.1, 0.15) is 43.4 Å². The van der Waals surface area contributed by atoms with E-state index >= 15 is 0 Å². The van der Waals surface area contributed by atoms with Crippen LogP contribution in [0.4, 0.5) is 0 Å². The zero-order valence-electron chi connectivity index (χ0n) is 12.8. The molecule has 0 N–H and O–H groups in total. The van der Waals surface area contributed by atoms with Gasteiger partial charge in [0.1, 0.15) is 0 Å². The van der Waals surface area contributed by atoms with Gasteiger partial charge in [-0.05, 0) is 28.5 Å². The van der Waals surface area contributed by atoms with Crippen molar-refractivity contribution in [1.82, 2.24) is 0 Å². The highest BCUT2D eigenvalue weighted by Crippen LogP contribution is 2.26. The zero-order valence-corrected chi connectivity index (χ0v) is 12.8. The van der Waals surface area contributed by atoms with Crippen LogP contribution in [0.5, 0.6) is 0 Å². The summed E-state index contributed by atoms with van der Waals surface area (Å²) in [5.74, 6) is -1.64. The molecule has 1 atom stereocenters. The van der Waals surface area contributed by atoms with E-state index < -0.39 is 11.9 Å². The Bertz CT molecular complexity index is 592. The fraction of sp³-hybridized carbons (Fsp3) is 0.316. The monoisotopic (exact) mass is 281 g/mol. The molecule has 0 aromatic heterocycles. The number of hydrogen-bond donors (Lipinski definition) is 0. The SMILES string of the molecule is CC(C)(C)c1ccc(C(Cc2ccccc2)C(=O)[O-])cc1. The molecule has 1 unspecified atom stereocenters. The molecule has 21 heavy (non-hydrogen) atoms. The molecule has 0 saturated heterocycles. The summed E-state index contributed by atoms with van der Waals surface area (Å²) in [6.07, 6.45) is 0.456. The molecule has 0 aliphatic rings. The average molecular weight is 281 g/mol. The lowest BCUT2D eigenvalue weighted by atomic mass is 9.84. The first-order valence-electron chi connectivity index (χ1n) is 7.23. The minimum Gasteiger partial charge on any atom is -0.549 e. The summed E-state index contributed by atoms with van der Waals surface area (Å²) in [6.45, 7) is 6.42. The van der Waals surface area contributed by atoms with E-state index in [2.05, 4.69) is 20.8 Å². The van der Waals surface area contributed by atoms with E-state index in [-0.39, 0.29) is 5.41 Å².